The molecule has 0 radical (unpaired) electrons. The number of alkyl halides is 1. The summed E-state index contributed by atoms with van der Waals surface area (Å²) in [5.74, 6) is -10.1. The topological polar surface area (TPSA) is 0 Å². The zero-order chi connectivity index (χ0) is 15.7. The summed E-state index contributed by atoms with van der Waals surface area (Å²) in [5.41, 5.74) is 1.06. The molecule has 2 aromatic carbocycles. The van der Waals surface area contributed by atoms with E-state index in [-0.39, 0.29) is 5.56 Å². The van der Waals surface area contributed by atoms with E-state index in [0.29, 0.717) is 0 Å². The van der Waals surface area contributed by atoms with Crippen molar-refractivity contribution in [2.75, 3.05) is 0 Å². The van der Waals surface area contributed by atoms with Crippen LogP contribution in [0.5, 0.6) is 0 Å². The van der Waals surface area contributed by atoms with Crippen molar-refractivity contribution < 1.29 is 49.2 Å². The van der Waals surface area contributed by atoms with Gasteiger partial charge in [0.25, 0.3) is 0 Å². The van der Waals surface area contributed by atoms with Crippen LogP contribution in [0.4, 0.5) is 26.3 Å². The van der Waals surface area contributed by atoms with Gasteiger partial charge in [-0.2, -0.15) is 0 Å². The normalized spacial score (nSPS) is 12.3. The Kier molecular flexibility index (Phi) is 4.91. The van der Waals surface area contributed by atoms with Crippen LogP contribution in [0, 0.1) is 36.0 Å². The second-order valence-corrected chi connectivity index (χ2v) is 9.02. The Morgan fingerprint density at radius 1 is 0.762 bits per heavy atom. The molecule has 0 aliphatic carbocycles. The molecule has 0 saturated heterocycles. The van der Waals surface area contributed by atoms with Gasteiger partial charge in [0.2, 0.25) is 0 Å². The predicted molar refractivity (Wildman–Crippen MR) is 60.9 cm³/mol. The van der Waals surface area contributed by atoms with Crippen LogP contribution >= 0.6 is 0 Å². The quantitative estimate of drug-likeness (QED) is 0.276. The van der Waals surface area contributed by atoms with E-state index in [9.17, 15) is 26.3 Å². The molecule has 0 fully saturated rings. The van der Waals surface area contributed by atoms with E-state index in [2.05, 4.69) is 0 Å². The van der Waals surface area contributed by atoms with Gasteiger partial charge in [-0.05, 0) is 0 Å². The van der Waals surface area contributed by atoms with Gasteiger partial charge >= 0.3 is 128 Å². The summed E-state index contributed by atoms with van der Waals surface area (Å²) in [6.07, 6.45) is 0. The Balaban J connectivity index is 2.37. The third-order valence-electron chi connectivity index (χ3n) is 2.85. The van der Waals surface area contributed by atoms with E-state index >= 15 is 0 Å². The summed E-state index contributed by atoms with van der Waals surface area (Å²) in [6.45, 7) is 1.78. The van der Waals surface area contributed by atoms with Crippen molar-refractivity contribution in [2.24, 2.45) is 0 Å². The zero-order valence-corrected chi connectivity index (χ0v) is 14.2. The molecule has 0 saturated carbocycles. The Morgan fingerprint density at radius 2 is 1.19 bits per heavy atom. The fourth-order valence-corrected chi connectivity index (χ4v) is 5.58. The molecule has 21 heavy (non-hydrogen) atoms. The monoisotopic (exact) mass is 470 g/mol. The molecule has 0 N–H and O–H groups in total. The van der Waals surface area contributed by atoms with Crippen LogP contribution < -0.4 is 3.32 Å². The van der Waals surface area contributed by atoms with Crippen molar-refractivity contribution >= 4 is 3.32 Å². The molecule has 0 aromatic heterocycles. The van der Waals surface area contributed by atoms with E-state index in [0.717, 1.165) is 5.56 Å². The van der Waals surface area contributed by atoms with Gasteiger partial charge in [0.1, 0.15) is 0 Å². The van der Waals surface area contributed by atoms with Crippen molar-refractivity contribution in [3.63, 3.8) is 0 Å². The summed E-state index contributed by atoms with van der Waals surface area (Å²) in [7, 11) is 0. The first-order valence-corrected chi connectivity index (χ1v) is 9.68. The Labute approximate surface area is 128 Å². The molecule has 0 bridgehead atoms. The number of hydrogen-bond donors (Lipinski definition) is 0. The average Bonchev–Trinajstić information content (AvgIpc) is 2.48. The number of rotatable bonds is 3. The molecule has 110 valence electrons. The Morgan fingerprint density at radius 3 is 1.67 bits per heavy atom. The molecular weight excluding hydrogens is 461 g/mol. The van der Waals surface area contributed by atoms with Gasteiger partial charge in [0.05, 0.1) is 0 Å². The van der Waals surface area contributed by atoms with Gasteiger partial charge in [-0.3, -0.25) is 0 Å². The summed E-state index contributed by atoms with van der Waals surface area (Å²) in [5, 5.41) is 0. The standard InChI is InChI=1S/C8H8F.C6F5.Hf/c1-7-2-4-8(6-9)5-3-7;7-2-1-3(8)5(10)6(11)4(2)9;/h2-6H,1H3;;. The molecule has 1 unspecified atom stereocenters. The minimum absolute atomic E-state index is 0.188. The van der Waals surface area contributed by atoms with Gasteiger partial charge in [0.15, 0.2) is 0 Å². The van der Waals surface area contributed by atoms with E-state index in [4.69, 9.17) is 0 Å². The van der Waals surface area contributed by atoms with Gasteiger partial charge in [-0.15, -0.1) is 0 Å². The van der Waals surface area contributed by atoms with Gasteiger partial charge in [-0.1, -0.05) is 0 Å². The molecule has 1 atom stereocenters. The third kappa shape index (κ3) is 3.22. The van der Waals surface area contributed by atoms with E-state index < -0.39 is 59.2 Å². The maximum absolute atomic E-state index is 14.1. The third-order valence-corrected chi connectivity index (χ3v) is 7.57. The average molecular weight is 469 g/mol. The van der Waals surface area contributed by atoms with Crippen LogP contribution in [-0.2, 0) is 22.9 Å². The first-order chi connectivity index (χ1) is 9.82. The number of aryl methyl sites for hydroxylation is 1. The van der Waals surface area contributed by atoms with E-state index in [1.807, 2.05) is 0 Å². The molecule has 0 aliphatic heterocycles. The van der Waals surface area contributed by atoms with E-state index in [1.54, 1.807) is 19.1 Å². The summed E-state index contributed by atoms with van der Waals surface area (Å²) >= 11 is -2.95. The summed E-state index contributed by atoms with van der Waals surface area (Å²) in [6, 6.07) is 6.12. The molecule has 0 spiro atoms. The number of benzene rings is 2. The number of hydrogen-bond acceptors (Lipinski definition) is 0. The summed E-state index contributed by atoms with van der Waals surface area (Å²) < 4.78 is 77.5. The van der Waals surface area contributed by atoms with Crippen LogP contribution in [0.2, 0.25) is 0 Å². The molecular formula is C14H8F6Hf. The molecule has 2 aromatic rings. The zero-order valence-electron chi connectivity index (χ0n) is 10.7. The van der Waals surface area contributed by atoms with Crippen LogP contribution in [-0.4, -0.2) is 0 Å². The fourth-order valence-electron chi connectivity index (χ4n) is 1.68. The molecule has 7 heteroatoms. The second-order valence-electron chi connectivity index (χ2n) is 4.36. The predicted octanol–water partition coefficient (Wildman–Crippen LogP) is 4.07. The van der Waals surface area contributed by atoms with Crippen LogP contribution in [0.25, 0.3) is 0 Å². The van der Waals surface area contributed by atoms with Crippen molar-refractivity contribution in [3.05, 3.63) is 64.5 Å². The SMILES string of the molecule is Cc1ccc([CH](F)[Hf][c]2c(F)c(F)c(F)c(F)c2F)cc1. The molecule has 0 nitrogen and oxygen atoms in total. The van der Waals surface area contributed by atoms with Crippen molar-refractivity contribution in [1.82, 2.24) is 0 Å². The van der Waals surface area contributed by atoms with Gasteiger partial charge < -0.3 is 0 Å². The van der Waals surface area contributed by atoms with Crippen LogP contribution in [0.15, 0.2) is 24.3 Å². The Hall–Kier alpha value is -1.11. The van der Waals surface area contributed by atoms with E-state index in [1.165, 1.54) is 12.1 Å². The summed E-state index contributed by atoms with van der Waals surface area (Å²) in [4.78, 5) is 0. The Bertz CT molecular complexity index is 639. The first-order valence-electron chi connectivity index (χ1n) is 5.81. The molecule has 0 heterocycles. The van der Waals surface area contributed by atoms with Crippen LogP contribution in [0.1, 0.15) is 15.1 Å². The first kappa shape index (κ1) is 16.3. The van der Waals surface area contributed by atoms with Crippen LogP contribution in [0.3, 0.4) is 0 Å². The molecule has 0 aliphatic rings. The second kappa shape index (κ2) is 6.34. The van der Waals surface area contributed by atoms with Gasteiger partial charge in [0, 0.05) is 0 Å². The fraction of sp³-hybridized carbons (Fsp3) is 0.143. The van der Waals surface area contributed by atoms with Crippen molar-refractivity contribution in [1.29, 1.82) is 0 Å². The number of halogens is 6. The molecule has 2 rings (SSSR count). The minimum atomic E-state index is -2.95. The van der Waals surface area contributed by atoms with Crippen molar-refractivity contribution in [3.8, 4) is 0 Å². The maximum atomic E-state index is 14.1. The van der Waals surface area contributed by atoms with Crippen molar-refractivity contribution in [2.45, 2.75) is 10.9 Å². The molecule has 0 amide bonds. The van der Waals surface area contributed by atoms with Gasteiger partial charge in [-0.25, -0.2) is 0 Å².